The Morgan fingerprint density at radius 1 is 0.655 bits per heavy atom. The van der Waals surface area contributed by atoms with Gasteiger partial charge in [-0.05, 0) is 35.4 Å². The summed E-state index contributed by atoms with van der Waals surface area (Å²) in [6.45, 7) is 0.753. The molecule has 3 aromatic carbocycles. The summed E-state index contributed by atoms with van der Waals surface area (Å²) in [5.74, 6) is 2.68. The van der Waals surface area contributed by atoms with Gasteiger partial charge in [0, 0.05) is 51.1 Å². The van der Waals surface area contributed by atoms with Crippen molar-refractivity contribution < 1.29 is 19.9 Å². The first-order valence-corrected chi connectivity index (χ1v) is 9.17. The predicted octanol–water partition coefficient (Wildman–Crippen LogP) is 4.29. The Bertz CT molecular complexity index is 843. The minimum Gasteiger partial charge on any atom is -0.457 e. The second-order valence-corrected chi connectivity index (χ2v) is 6.72. The van der Waals surface area contributed by atoms with Crippen LogP contribution >= 0.6 is 0 Å². The molecule has 0 unspecified atom stereocenters. The number of nitrogens with zero attached hydrogens (tertiary/aromatic N) is 1. The van der Waals surface area contributed by atoms with Crippen LogP contribution in [0.3, 0.4) is 0 Å². The molecule has 29 heavy (non-hydrogen) atoms. The van der Waals surface area contributed by atoms with E-state index in [1.165, 1.54) is 0 Å². The van der Waals surface area contributed by atoms with E-state index in [9.17, 15) is 0 Å². The summed E-state index contributed by atoms with van der Waals surface area (Å²) in [5, 5.41) is 17.6. The summed E-state index contributed by atoms with van der Waals surface area (Å²) < 4.78 is 12.0. The zero-order valence-corrected chi connectivity index (χ0v) is 16.4. The number of anilines is 1. The average Bonchev–Trinajstić information content (AvgIpc) is 2.71. The van der Waals surface area contributed by atoms with E-state index in [-0.39, 0.29) is 0 Å². The van der Waals surface area contributed by atoms with Gasteiger partial charge in [-0.15, -0.1) is 0 Å². The second-order valence-electron chi connectivity index (χ2n) is 6.72. The molecule has 0 aromatic heterocycles. The minimum atomic E-state index is 0.377. The fraction of sp³-hybridized carbons (Fsp3) is 0.182. The van der Waals surface area contributed by atoms with Crippen molar-refractivity contribution in [3.63, 3.8) is 0 Å². The van der Waals surface area contributed by atoms with Gasteiger partial charge in [-0.25, -0.2) is 11.0 Å². The molecule has 0 saturated carbocycles. The quantitative estimate of drug-likeness (QED) is 0.402. The van der Waals surface area contributed by atoms with E-state index >= 15 is 0 Å². The van der Waals surface area contributed by atoms with Gasteiger partial charge in [-0.1, -0.05) is 24.3 Å². The molecule has 7 nitrogen and oxygen atoms in total. The van der Waals surface area contributed by atoms with Gasteiger partial charge in [0.1, 0.15) is 23.0 Å². The van der Waals surface area contributed by atoms with E-state index in [2.05, 4.69) is 11.0 Å². The van der Waals surface area contributed by atoms with Crippen molar-refractivity contribution in [2.75, 3.05) is 19.0 Å². The first kappa shape index (κ1) is 20.6. The van der Waals surface area contributed by atoms with Gasteiger partial charge < -0.3 is 24.8 Å². The first-order chi connectivity index (χ1) is 14.1. The molecule has 7 heteroatoms. The molecule has 0 fully saturated rings. The number of hydrogen-bond donors (Lipinski definition) is 4. The third kappa shape index (κ3) is 5.94. The molecular weight excluding hydrogens is 370 g/mol. The maximum atomic E-state index is 8.79. The highest BCUT2D eigenvalue weighted by Gasteiger charge is 2.08. The lowest BCUT2D eigenvalue weighted by molar-refractivity contribution is 0.161. The highest BCUT2D eigenvalue weighted by atomic mass is 16.5. The Morgan fingerprint density at radius 3 is 1.41 bits per heavy atom. The minimum absolute atomic E-state index is 0.377. The van der Waals surface area contributed by atoms with E-state index < -0.39 is 0 Å². The number of ether oxygens (including phenoxy) is 2. The molecule has 0 aliphatic heterocycles. The Labute approximate surface area is 170 Å². The Balaban J connectivity index is 1.79. The molecule has 3 aromatic rings. The van der Waals surface area contributed by atoms with Gasteiger partial charge in [0.15, 0.2) is 0 Å². The molecule has 0 saturated heterocycles. The van der Waals surface area contributed by atoms with Crippen LogP contribution in [0, 0.1) is 0 Å². The standard InChI is InChI=1S/C22H25N3O4/c1-25(2)18-11-21(28-19-7-3-16(4-8-19)14-23-26)13-22(12-18)29-20-9-5-17(6-10-20)15-24-27/h3-13,23-24,26-27H,14-15H2,1-2H3. The second kappa shape index (κ2) is 9.90. The lowest BCUT2D eigenvalue weighted by Gasteiger charge is -2.17. The lowest BCUT2D eigenvalue weighted by Crippen LogP contribution is -2.08. The first-order valence-electron chi connectivity index (χ1n) is 9.17. The molecule has 3 rings (SSSR count). The Morgan fingerprint density at radius 2 is 1.07 bits per heavy atom. The average molecular weight is 395 g/mol. The van der Waals surface area contributed by atoms with Crippen LogP contribution in [0.4, 0.5) is 5.69 Å². The molecular formula is C22H25N3O4. The SMILES string of the molecule is CN(C)c1cc(Oc2ccc(CNO)cc2)cc(Oc2ccc(CNO)cc2)c1. The largest absolute Gasteiger partial charge is 0.457 e. The smallest absolute Gasteiger partial charge is 0.133 e. The van der Waals surface area contributed by atoms with E-state index in [1.807, 2.05) is 85.7 Å². The van der Waals surface area contributed by atoms with E-state index in [1.54, 1.807) is 0 Å². The van der Waals surface area contributed by atoms with Crippen molar-refractivity contribution in [2.45, 2.75) is 13.1 Å². The van der Waals surface area contributed by atoms with Crippen molar-refractivity contribution >= 4 is 5.69 Å². The van der Waals surface area contributed by atoms with Crippen LogP contribution in [-0.4, -0.2) is 24.5 Å². The zero-order chi connectivity index (χ0) is 20.6. The van der Waals surface area contributed by atoms with Crippen LogP contribution in [0.1, 0.15) is 11.1 Å². The Hall–Kier alpha value is -3.10. The summed E-state index contributed by atoms with van der Waals surface area (Å²) in [7, 11) is 3.91. The molecule has 0 radical (unpaired) electrons. The van der Waals surface area contributed by atoms with Crippen LogP contribution < -0.4 is 25.3 Å². The molecule has 0 aliphatic carbocycles. The summed E-state index contributed by atoms with van der Waals surface area (Å²) in [6, 6.07) is 20.6. The number of benzene rings is 3. The van der Waals surface area contributed by atoms with E-state index in [0.717, 1.165) is 16.8 Å². The third-order valence-corrected chi connectivity index (χ3v) is 4.27. The monoisotopic (exact) mass is 395 g/mol. The van der Waals surface area contributed by atoms with Gasteiger partial charge >= 0.3 is 0 Å². The van der Waals surface area contributed by atoms with Crippen LogP contribution in [0.25, 0.3) is 0 Å². The molecule has 0 amide bonds. The van der Waals surface area contributed by atoms with Gasteiger partial charge in [0.25, 0.3) is 0 Å². The van der Waals surface area contributed by atoms with Crippen molar-refractivity contribution in [1.29, 1.82) is 0 Å². The summed E-state index contributed by atoms with van der Waals surface area (Å²) >= 11 is 0. The normalized spacial score (nSPS) is 10.6. The number of hydroxylamine groups is 2. The fourth-order valence-corrected chi connectivity index (χ4v) is 2.74. The van der Waals surface area contributed by atoms with Gasteiger partial charge in [0.2, 0.25) is 0 Å². The topological polar surface area (TPSA) is 86.2 Å². The number of hydrogen-bond acceptors (Lipinski definition) is 7. The maximum absolute atomic E-state index is 8.79. The van der Waals surface area contributed by atoms with Crippen molar-refractivity contribution in [3.05, 3.63) is 77.9 Å². The molecule has 0 heterocycles. The highest BCUT2D eigenvalue weighted by molar-refractivity contribution is 5.56. The van der Waals surface area contributed by atoms with E-state index in [4.69, 9.17) is 19.9 Å². The molecule has 152 valence electrons. The molecule has 4 N–H and O–H groups in total. The van der Waals surface area contributed by atoms with Gasteiger partial charge in [-0.3, -0.25) is 0 Å². The summed E-state index contributed by atoms with van der Waals surface area (Å²) in [4.78, 5) is 1.98. The van der Waals surface area contributed by atoms with Crippen molar-refractivity contribution in [3.8, 4) is 23.0 Å². The molecule has 0 bridgehead atoms. The van der Waals surface area contributed by atoms with Crippen LogP contribution in [0.5, 0.6) is 23.0 Å². The zero-order valence-electron chi connectivity index (χ0n) is 16.4. The van der Waals surface area contributed by atoms with Crippen LogP contribution in [0.15, 0.2) is 66.7 Å². The summed E-state index contributed by atoms with van der Waals surface area (Å²) in [5.41, 5.74) is 7.11. The highest BCUT2D eigenvalue weighted by Crippen LogP contribution is 2.33. The third-order valence-electron chi connectivity index (χ3n) is 4.27. The summed E-state index contributed by atoms with van der Waals surface area (Å²) in [6.07, 6.45) is 0. The van der Waals surface area contributed by atoms with E-state index in [0.29, 0.717) is 36.1 Å². The molecule has 0 aliphatic rings. The Kier molecular flexibility index (Phi) is 7.04. The molecule has 0 spiro atoms. The fourth-order valence-electron chi connectivity index (χ4n) is 2.74. The lowest BCUT2D eigenvalue weighted by atomic mass is 10.2. The number of rotatable bonds is 9. The van der Waals surface area contributed by atoms with Gasteiger partial charge in [0.05, 0.1) is 0 Å². The predicted molar refractivity (Wildman–Crippen MR) is 111 cm³/mol. The van der Waals surface area contributed by atoms with Crippen LogP contribution in [-0.2, 0) is 13.1 Å². The van der Waals surface area contributed by atoms with Crippen molar-refractivity contribution in [1.82, 2.24) is 11.0 Å². The maximum Gasteiger partial charge on any atom is 0.133 e. The van der Waals surface area contributed by atoms with Gasteiger partial charge in [-0.2, -0.15) is 0 Å². The van der Waals surface area contributed by atoms with Crippen molar-refractivity contribution in [2.24, 2.45) is 0 Å². The van der Waals surface area contributed by atoms with Crippen LogP contribution in [0.2, 0.25) is 0 Å². The number of nitrogens with one attached hydrogen (secondary N) is 2. The molecule has 0 atom stereocenters.